The number of piperidine rings is 1. The molecule has 0 atom stereocenters. The molecule has 0 radical (unpaired) electrons. The van der Waals surface area contributed by atoms with E-state index in [2.05, 4.69) is 15.6 Å². The largest absolute Gasteiger partial charge is 0.280 e. The summed E-state index contributed by atoms with van der Waals surface area (Å²) in [5, 5.41) is 0. The molecule has 0 aliphatic carbocycles. The van der Waals surface area contributed by atoms with Gasteiger partial charge in [0.15, 0.2) is 0 Å². The third kappa shape index (κ3) is 6.34. The van der Waals surface area contributed by atoms with Crippen molar-refractivity contribution in [2.45, 2.75) is 29.1 Å². The van der Waals surface area contributed by atoms with E-state index in [1.165, 1.54) is 52.8 Å². The van der Waals surface area contributed by atoms with Crippen molar-refractivity contribution in [2.24, 2.45) is 0 Å². The predicted octanol–water partition coefficient (Wildman–Crippen LogP) is 2.74. The molecular formula is C25H26N4O6S2. The summed E-state index contributed by atoms with van der Waals surface area (Å²) < 4.78 is 54.7. The molecule has 0 spiro atoms. The van der Waals surface area contributed by atoms with Crippen LogP contribution in [0.1, 0.15) is 40.0 Å². The van der Waals surface area contributed by atoms with Crippen LogP contribution in [0.15, 0.2) is 88.7 Å². The fourth-order valence-corrected chi connectivity index (χ4v) is 6.44. The second-order valence-electron chi connectivity index (χ2n) is 8.40. The molecule has 1 saturated heterocycles. The standard InChI is InChI=1S/C25H26N4O6S2/c30-24(19-12-14-22(15-13-19)36(32,33)28-21-9-3-1-4-10-21)26-27-25(31)20-8-7-11-23(18-20)37(34,35)29-16-5-2-6-17-29/h1,3-4,7-15,18,28H,2,5-6,16-17H2,(H,26,30)(H,27,31). The first-order valence-corrected chi connectivity index (χ1v) is 14.5. The van der Waals surface area contributed by atoms with Crippen molar-refractivity contribution < 1.29 is 26.4 Å². The molecule has 0 saturated carbocycles. The number of carbonyl (C=O) groups is 2. The Morgan fingerprint density at radius 1 is 0.649 bits per heavy atom. The Bertz CT molecular complexity index is 1490. The summed E-state index contributed by atoms with van der Waals surface area (Å²) in [5.41, 5.74) is 5.08. The minimum atomic E-state index is -3.85. The number of amides is 2. The zero-order chi connectivity index (χ0) is 26.5. The number of rotatable bonds is 7. The Hall–Kier alpha value is -3.74. The normalized spacial score (nSPS) is 14.5. The zero-order valence-corrected chi connectivity index (χ0v) is 21.4. The van der Waals surface area contributed by atoms with Crippen LogP contribution in [-0.2, 0) is 20.0 Å². The Morgan fingerprint density at radius 2 is 1.27 bits per heavy atom. The highest BCUT2D eigenvalue weighted by Gasteiger charge is 2.26. The van der Waals surface area contributed by atoms with E-state index in [4.69, 9.17) is 0 Å². The Balaban J connectivity index is 1.38. The van der Waals surface area contributed by atoms with Gasteiger partial charge in [-0.1, -0.05) is 30.7 Å². The van der Waals surface area contributed by atoms with Gasteiger partial charge in [-0.2, -0.15) is 4.31 Å². The Morgan fingerprint density at radius 3 is 1.92 bits per heavy atom. The van der Waals surface area contributed by atoms with Crippen LogP contribution < -0.4 is 15.6 Å². The summed E-state index contributed by atoms with van der Waals surface area (Å²) in [7, 11) is -7.56. The second-order valence-corrected chi connectivity index (χ2v) is 12.0. The SMILES string of the molecule is O=C(NNC(=O)c1cccc(S(=O)(=O)N2CCCCC2)c1)c1ccc(S(=O)(=O)Nc2ccccc2)cc1. The summed E-state index contributed by atoms with van der Waals surface area (Å²) in [6.45, 7) is 0.883. The summed E-state index contributed by atoms with van der Waals surface area (Å²) in [6, 6.07) is 19.2. The Labute approximate surface area is 215 Å². The summed E-state index contributed by atoms with van der Waals surface area (Å²) in [6.07, 6.45) is 2.57. The van der Waals surface area contributed by atoms with Crippen molar-refractivity contribution in [2.75, 3.05) is 17.8 Å². The average Bonchev–Trinajstić information content (AvgIpc) is 2.92. The van der Waals surface area contributed by atoms with E-state index >= 15 is 0 Å². The van der Waals surface area contributed by atoms with E-state index in [1.54, 1.807) is 30.3 Å². The maximum Gasteiger partial charge on any atom is 0.269 e. The molecule has 0 aromatic heterocycles. The van der Waals surface area contributed by atoms with Gasteiger partial charge in [-0.25, -0.2) is 16.8 Å². The summed E-state index contributed by atoms with van der Waals surface area (Å²) in [4.78, 5) is 25.0. The number of benzene rings is 3. The molecule has 4 rings (SSSR count). The lowest BCUT2D eigenvalue weighted by molar-refractivity contribution is 0.0846. The number of hydrogen-bond donors (Lipinski definition) is 3. The average molecular weight is 543 g/mol. The van der Waals surface area contributed by atoms with Crippen LogP contribution in [-0.4, -0.2) is 46.0 Å². The summed E-state index contributed by atoms with van der Waals surface area (Å²) in [5.74, 6) is -1.37. The van der Waals surface area contributed by atoms with Crippen LogP contribution in [0.3, 0.4) is 0 Å². The third-order valence-electron chi connectivity index (χ3n) is 5.79. The number of sulfonamides is 2. The maximum absolute atomic E-state index is 12.9. The van der Waals surface area contributed by atoms with Gasteiger partial charge in [0, 0.05) is 29.9 Å². The first-order chi connectivity index (χ1) is 17.7. The lowest BCUT2D eigenvalue weighted by Crippen LogP contribution is -2.41. The van der Waals surface area contributed by atoms with Gasteiger partial charge in [-0.05, 0) is 67.4 Å². The van der Waals surface area contributed by atoms with Crippen LogP contribution in [0.2, 0.25) is 0 Å². The van der Waals surface area contributed by atoms with E-state index in [-0.39, 0.29) is 20.9 Å². The quantitative estimate of drug-likeness (QED) is 0.392. The van der Waals surface area contributed by atoms with Gasteiger partial charge in [0.1, 0.15) is 0 Å². The number of hydrazine groups is 1. The molecule has 12 heteroatoms. The number of para-hydroxylation sites is 1. The molecule has 194 valence electrons. The van der Waals surface area contributed by atoms with Gasteiger partial charge in [-0.3, -0.25) is 25.2 Å². The second kappa shape index (κ2) is 11.1. The van der Waals surface area contributed by atoms with Crippen molar-refractivity contribution in [1.29, 1.82) is 0 Å². The van der Waals surface area contributed by atoms with Gasteiger partial charge >= 0.3 is 0 Å². The number of hydrogen-bond acceptors (Lipinski definition) is 6. The van der Waals surface area contributed by atoms with Crippen molar-refractivity contribution in [3.8, 4) is 0 Å². The molecule has 1 aliphatic rings. The lowest BCUT2D eigenvalue weighted by atomic mass is 10.2. The highest BCUT2D eigenvalue weighted by atomic mass is 32.2. The lowest BCUT2D eigenvalue weighted by Gasteiger charge is -2.26. The molecule has 3 aromatic carbocycles. The third-order valence-corrected chi connectivity index (χ3v) is 9.08. The number of nitrogens with zero attached hydrogens (tertiary/aromatic N) is 1. The molecule has 10 nitrogen and oxygen atoms in total. The first-order valence-electron chi connectivity index (χ1n) is 11.6. The van der Waals surface area contributed by atoms with Crippen molar-refractivity contribution in [3.63, 3.8) is 0 Å². The minimum absolute atomic E-state index is 0.00860. The molecule has 1 aliphatic heterocycles. The van der Waals surface area contributed by atoms with Gasteiger partial charge in [0.2, 0.25) is 10.0 Å². The van der Waals surface area contributed by atoms with Crippen molar-refractivity contribution >= 4 is 37.5 Å². The fourth-order valence-electron chi connectivity index (χ4n) is 3.82. The molecule has 2 amide bonds. The molecule has 3 aromatic rings. The zero-order valence-electron chi connectivity index (χ0n) is 19.8. The molecule has 37 heavy (non-hydrogen) atoms. The van der Waals surface area contributed by atoms with Crippen molar-refractivity contribution in [1.82, 2.24) is 15.2 Å². The number of anilines is 1. The van der Waals surface area contributed by atoms with Crippen LogP contribution >= 0.6 is 0 Å². The fraction of sp³-hybridized carbons (Fsp3) is 0.200. The van der Waals surface area contributed by atoms with Crippen LogP contribution in [0, 0.1) is 0 Å². The topological polar surface area (TPSA) is 142 Å². The van der Waals surface area contributed by atoms with E-state index in [0.29, 0.717) is 18.8 Å². The first kappa shape index (κ1) is 26.3. The monoisotopic (exact) mass is 542 g/mol. The molecule has 0 unspecified atom stereocenters. The number of carbonyl (C=O) groups excluding carboxylic acids is 2. The summed E-state index contributed by atoms with van der Waals surface area (Å²) >= 11 is 0. The number of nitrogens with one attached hydrogen (secondary N) is 3. The Kier molecular flexibility index (Phi) is 7.91. The predicted molar refractivity (Wildman–Crippen MR) is 138 cm³/mol. The van der Waals surface area contributed by atoms with E-state index in [9.17, 15) is 26.4 Å². The van der Waals surface area contributed by atoms with Crippen LogP contribution in [0.5, 0.6) is 0 Å². The van der Waals surface area contributed by atoms with E-state index in [1.807, 2.05) is 0 Å². The van der Waals surface area contributed by atoms with E-state index in [0.717, 1.165) is 19.3 Å². The highest BCUT2D eigenvalue weighted by Crippen LogP contribution is 2.21. The minimum Gasteiger partial charge on any atom is -0.280 e. The maximum atomic E-state index is 12.9. The van der Waals surface area contributed by atoms with Gasteiger partial charge < -0.3 is 0 Å². The molecule has 1 fully saturated rings. The van der Waals surface area contributed by atoms with Gasteiger partial charge in [0.25, 0.3) is 21.8 Å². The molecule has 1 heterocycles. The highest BCUT2D eigenvalue weighted by molar-refractivity contribution is 7.92. The van der Waals surface area contributed by atoms with E-state index < -0.39 is 31.9 Å². The van der Waals surface area contributed by atoms with Crippen LogP contribution in [0.25, 0.3) is 0 Å². The molecule has 0 bridgehead atoms. The smallest absolute Gasteiger partial charge is 0.269 e. The molecular weight excluding hydrogens is 516 g/mol. The van der Waals surface area contributed by atoms with Crippen LogP contribution in [0.4, 0.5) is 5.69 Å². The van der Waals surface area contributed by atoms with Gasteiger partial charge in [-0.15, -0.1) is 0 Å². The molecule has 3 N–H and O–H groups in total. The van der Waals surface area contributed by atoms with Gasteiger partial charge in [0.05, 0.1) is 9.79 Å². The van der Waals surface area contributed by atoms with Crippen molar-refractivity contribution in [3.05, 3.63) is 90.0 Å².